The Bertz CT molecular complexity index is 1320. The lowest BCUT2D eigenvalue weighted by Gasteiger charge is -2.13. The lowest BCUT2D eigenvalue weighted by molar-refractivity contribution is 0.607. The van der Waals surface area contributed by atoms with Gasteiger partial charge in [-0.2, -0.15) is 5.26 Å². The zero-order valence-electron chi connectivity index (χ0n) is 16.2. The topological polar surface area (TPSA) is 82.8 Å². The highest BCUT2D eigenvalue weighted by Crippen LogP contribution is 2.35. The van der Waals surface area contributed by atoms with E-state index < -0.39 is 10.0 Å². The summed E-state index contributed by atoms with van der Waals surface area (Å²) in [4.78, 5) is 4.47. The van der Waals surface area contributed by atoms with Crippen LogP contribution in [-0.2, 0) is 22.9 Å². The van der Waals surface area contributed by atoms with Gasteiger partial charge in [0.1, 0.15) is 17.6 Å². The number of nitrogens with zero attached hydrogens (tertiary/aromatic N) is 2. The minimum atomic E-state index is -3.40. The number of anilines is 1. The molecule has 0 spiro atoms. The molecule has 0 radical (unpaired) electrons. The SMILES string of the molecule is CS(=O)(=O)Nc1cccc(/C=C2/c3ccc(F)cc3CCc3nc(C#N)ccc32)c1. The molecule has 2 aromatic carbocycles. The smallest absolute Gasteiger partial charge is 0.229 e. The molecule has 5 nitrogen and oxygen atoms in total. The molecule has 150 valence electrons. The van der Waals surface area contributed by atoms with Gasteiger partial charge in [-0.3, -0.25) is 4.72 Å². The second-order valence-electron chi connectivity index (χ2n) is 7.16. The van der Waals surface area contributed by atoms with Crippen LogP contribution in [0.2, 0.25) is 0 Å². The Hall–Kier alpha value is -3.50. The van der Waals surface area contributed by atoms with Crippen LogP contribution in [0.3, 0.4) is 0 Å². The highest BCUT2D eigenvalue weighted by Gasteiger charge is 2.20. The van der Waals surface area contributed by atoms with Gasteiger partial charge in [-0.15, -0.1) is 0 Å². The number of benzene rings is 2. The third-order valence-corrected chi connectivity index (χ3v) is 5.47. The van der Waals surface area contributed by atoms with Gasteiger partial charge in [0.05, 0.1) is 11.9 Å². The Morgan fingerprint density at radius 2 is 1.90 bits per heavy atom. The first kappa shape index (κ1) is 19.8. The summed E-state index contributed by atoms with van der Waals surface area (Å²) in [6, 6.07) is 17.3. The van der Waals surface area contributed by atoms with E-state index in [-0.39, 0.29) is 5.82 Å². The fraction of sp³-hybridized carbons (Fsp3) is 0.130. The van der Waals surface area contributed by atoms with E-state index in [2.05, 4.69) is 15.8 Å². The molecule has 0 atom stereocenters. The van der Waals surface area contributed by atoms with Crippen LogP contribution in [0.4, 0.5) is 10.1 Å². The van der Waals surface area contributed by atoms with E-state index in [0.717, 1.165) is 39.8 Å². The van der Waals surface area contributed by atoms with E-state index in [4.69, 9.17) is 0 Å². The Labute approximate surface area is 174 Å². The first-order valence-electron chi connectivity index (χ1n) is 9.31. The minimum Gasteiger partial charge on any atom is -0.284 e. The number of hydrogen-bond donors (Lipinski definition) is 1. The van der Waals surface area contributed by atoms with Crippen molar-refractivity contribution in [3.63, 3.8) is 0 Å². The molecular formula is C23H18FN3O2S. The summed E-state index contributed by atoms with van der Waals surface area (Å²) in [7, 11) is -3.40. The number of nitrogens with one attached hydrogen (secondary N) is 1. The first-order chi connectivity index (χ1) is 14.3. The summed E-state index contributed by atoms with van der Waals surface area (Å²) < 4.78 is 39.5. The zero-order valence-corrected chi connectivity index (χ0v) is 17.0. The quantitative estimate of drug-likeness (QED) is 0.691. The maximum Gasteiger partial charge on any atom is 0.229 e. The molecule has 0 fully saturated rings. The van der Waals surface area contributed by atoms with Gasteiger partial charge in [-0.05, 0) is 77.6 Å². The highest BCUT2D eigenvalue weighted by atomic mass is 32.2. The average molecular weight is 419 g/mol. The summed E-state index contributed by atoms with van der Waals surface area (Å²) in [6.07, 6.45) is 4.23. The van der Waals surface area contributed by atoms with Crippen molar-refractivity contribution in [1.82, 2.24) is 4.98 Å². The Balaban J connectivity index is 1.90. The first-order valence-corrected chi connectivity index (χ1v) is 11.2. The number of fused-ring (bicyclic) bond motifs is 2. The number of rotatable bonds is 3. The van der Waals surface area contributed by atoms with Gasteiger partial charge in [0.2, 0.25) is 10.0 Å². The number of sulfonamides is 1. The van der Waals surface area contributed by atoms with Crippen LogP contribution < -0.4 is 4.72 Å². The third-order valence-electron chi connectivity index (χ3n) is 4.87. The Kier molecular flexibility index (Phi) is 5.10. The fourth-order valence-corrected chi connectivity index (χ4v) is 4.21. The molecular weight excluding hydrogens is 401 g/mol. The van der Waals surface area contributed by atoms with Crippen LogP contribution in [0.5, 0.6) is 0 Å². The second kappa shape index (κ2) is 7.73. The lowest BCUT2D eigenvalue weighted by atomic mass is 9.93. The molecule has 7 heteroatoms. The summed E-state index contributed by atoms with van der Waals surface area (Å²) >= 11 is 0. The van der Waals surface area contributed by atoms with Crippen LogP contribution in [-0.4, -0.2) is 19.7 Å². The number of pyridine rings is 1. The van der Waals surface area contributed by atoms with Gasteiger partial charge >= 0.3 is 0 Å². The van der Waals surface area contributed by atoms with Gasteiger partial charge in [0, 0.05) is 11.3 Å². The van der Waals surface area contributed by atoms with Crippen LogP contribution in [0, 0.1) is 17.1 Å². The van der Waals surface area contributed by atoms with Crippen molar-refractivity contribution in [3.05, 3.63) is 94.1 Å². The largest absolute Gasteiger partial charge is 0.284 e. The van der Waals surface area contributed by atoms with Gasteiger partial charge in [0.15, 0.2) is 0 Å². The van der Waals surface area contributed by atoms with Gasteiger partial charge in [-0.1, -0.05) is 18.2 Å². The molecule has 0 aliphatic heterocycles. The van der Waals surface area contributed by atoms with E-state index in [1.54, 1.807) is 30.3 Å². The van der Waals surface area contributed by atoms with E-state index in [9.17, 15) is 18.1 Å². The molecule has 1 aliphatic rings. The van der Waals surface area contributed by atoms with Crippen molar-refractivity contribution in [2.75, 3.05) is 11.0 Å². The number of nitriles is 1. The maximum atomic E-state index is 13.9. The number of aromatic nitrogens is 1. The Morgan fingerprint density at radius 3 is 2.67 bits per heavy atom. The molecule has 1 aromatic heterocycles. The standard InChI is InChI=1S/C23H18FN3O2S/c1-30(28,29)27-18-4-2-3-15(11-18)12-22-20-8-6-17(24)13-16(20)5-10-23-21(22)9-7-19(14-25)26-23/h2-4,6-9,11-13,27H,5,10H2,1H3/b22-12-. The predicted molar refractivity (Wildman–Crippen MR) is 115 cm³/mol. The van der Waals surface area contributed by atoms with Gasteiger partial charge in [-0.25, -0.2) is 17.8 Å². The normalized spacial score (nSPS) is 14.4. The van der Waals surface area contributed by atoms with Crippen LogP contribution in [0.25, 0.3) is 11.6 Å². The molecule has 0 saturated carbocycles. The summed E-state index contributed by atoms with van der Waals surface area (Å²) in [5.74, 6) is -0.302. The zero-order chi connectivity index (χ0) is 21.3. The van der Waals surface area contributed by atoms with Crippen molar-refractivity contribution >= 4 is 27.4 Å². The van der Waals surface area contributed by atoms with E-state index in [0.29, 0.717) is 24.2 Å². The molecule has 1 heterocycles. The van der Waals surface area contributed by atoms with Crippen molar-refractivity contribution in [2.24, 2.45) is 0 Å². The molecule has 1 N–H and O–H groups in total. The van der Waals surface area contributed by atoms with Crippen molar-refractivity contribution < 1.29 is 12.8 Å². The molecule has 3 aromatic rings. The summed E-state index contributed by atoms with van der Waals surface area (Å²) in [6.45, 7) is 0. The third kappa shape index (κ3) is 4.24. The van der Waals surface area contributed by atoms with Gasteiger partial charge in [0.25, 0.3) is 0 Å². The van der Waals surface area contributed by atoms with Crippen LogP contribution in [0.15, 0.2) is 54.6 Å². The molecule has 0 unspecified atom stereocenters. The van der Waals surface area contributed by atoms with Crippen molar-refractivity contribution in [2.45, 2.75) is 12.8 Å². The van der Waals surface area contributed by atoms with Crippen molar-refractivity contribution in [3.8, 4) is 6.07 Å². The number of aryl methyl sites for hydroxylation is 2. The molecule has 1 aliphatic carbocycles. The van der Waals surface area contributed by atoms with E-state index >= 15 is 0 Å². The fourth-order valence-electron chi connectivity index (χ4n) is 3.66. The van der Waals surface area contributed by atoms with Gasteiger partial charge < -0.3 is 0 Å². The molecule has 0 saturated heterocycles. The van der Waals surface area contributed by atoms with Crippen LogP contribution >= 0.6 is 0 Å². The second-order valence-corrected chi connectivity index (χ2v) is 8.91. The molecule has 0 bridgehead atoms. The molecule has 4 rings (SSSR count). The van der Waals surface area contributed by atoms with Crippen LogP contribution in [0.1, 0.15) is 33.6 Å². The lowest BCUT2D eigenvalue weighted by Crippen LogP contribution is -2.09. The monoisotopic (exact) mass is 419 g/mol. The molecule has 30 heavy (non-hydrogen) atoms. The maximum absolute atomic E-state index is 13.9. The van der Waals surface area contributed by atoms with E-state index in [1.807, 2.05) is 18.2 Å². The van der Waals surface area contributed by atoms with E-state index in [1.165, 1.54) is 12.1 Å². The summed E-state index contributed by atoms with van der Waals surface area (Å²) in [5, 5.41) is 9.21. The number of hydrogen-bond acceptors (Lipinski definition) is 4. The average Bonchev–Trinajstić information content (AvgIpc) is 2.83. The van der Waals surface area contributed by atoms with Crippen molar-refractivity contribution in [1.29, 1.82) is 5.26 Å². The summed E-state index contributed by atoms with van der Waals surface area (Å²) in [5.41, 5.74) is 5.84. The minimum absolute atomic E-state index is 0.302. The number of halogens is 1. The predicted octanol–water partition coefficient (Wildman–Crippen LogP) is 4.15. The highest BCUT2D eigenvalue weighted by molar-refractivity contribution is 7.92. The molecule has 0 amide bonds. The Morgan fingerprint density at radius 1 is 1.10 bits per heavy atom.